The van der Waals surface area contributed by atoms with Gasteiger partial charge in [0, 0.05) is 34.7 Å². The number of amides is 2. The molecule has 0 radical (unpaired) electrons. The first-order valence-corrected chi connectivity index (χ1v) is 21.6. The number of fused-ring (bicyclic) bond motifs is 2. The van der Waals surface area contributed by atoms with E-state index >= 15 is 0 Å². The van der Waals surface area contributed by atoms with Crippen LogP contribution >= 0.6 is 0 Å². The fourth-order valence-electron chi connectivity index (χ4n) is 7.19. The number of carbonyl (C=O) groups is 6. The van der Waals surface area contributed by atoms with E-state index in [0.29, 0.717) is 33.6 Å². The summed E-state index contributed by atoms with van der Waals surface area (Å²) < 4.78 is 23.1. The maximum atomic E-state index is 13.6. The molecule has 2 amide bonds. The van der Waals surface area contributed by atoms with Gasteiger partial charge in [0.2, 0.25) is 11.8 Å². The SMILES string of the molecule is C=CC(=O)Nc1ccc(C(=O)Oc2ccc(/C=C/C(=O)Oc3ccc4ccccc4c3-c3c(OC(=O)/C=C/c4ccc(OC(=O)c5ccc(NC(=O)C=C)cc5)cc4)ccc4ccccc34)cc2)cc1. The van der Waals surface area contributed by atoms with Gasteiger partial charge >= 0.3 is 23.9 Å². The van der Waals surface area contributed by atoms with Gasteiger partial charge in [-0.15, -0.1) is 0 Å². The largest absolute Gasteiger partial charge is 0.423 e. The Hall–Kier alpha value is -9.94. The Morgan fingerprint density at radius 3 is 1.14 bits per heavy atom. The number of ether oxygens (including phenoxy) is 4. The molecule has 12 heteroatoms. The second-order valence-electron chi connectivity index (χ2n) is 15.3. The summed E-state index contributed by atoms with van der Waals surface area (Å²) in [5.41, 5.74) is 3.89. The predicted molar refractivity (Wildman–Crippen MR) is 270 cm³/mol. The summed E-state index contributed by atoms with van der Waals surface area (Å²) in [7, 11) is 0. The topological polar surface area (TPSA) is 163 Å². The highest BCUT2D eigenvalue weighted by Crippen LogP contribution is 2.45. The van der Waals surface area contributed by atoms with Crippen LogP contribution in [-0.2, 0) is 19.2 Å². The fourth-order valence-corrected chi connectivity index (χ4v) is 7.19. The van der Waals surface area contributed by atoms with Crippen molar-refractivity contribution in [2.24, 2.45) is 0 Å². The van der Waals surface area contributed by atoms with Gasteiger partial charge in [-0.2, -0.15) is 0 Å². The molecule has 0 saturated carbocycles. The predicted octanol–water partition coefficient (Wildman–Crippen LogP) is 11.6. The van der Waals surface area contributed by atoms with Crippen molar-refractivity contribution in [2.45, 2.75) is 0 Å². The number of carbonyl (C=O) groups excluding carboxylic acids is 6. The summed E-state index contributed by atoms with van der Waals surface area (Å²) in [6.45, 7) is 6.84. The molecule has 2 N–H and O–H groups in total. The Kier molecular flexibility index (Phi) is 14.4. The highest BCUT2D eigenvalue weighted by molar-refractivity contribution is 6.11. The Morgan fingerprint density at radius 2 is 0.771 bits per heavy atom. The van der Waals surface area contributed by atoms with E-state index in [4.69, 9.17) is 18.9 Å². The van der Waals surface area contributed by atoms with Crippen LogP contribution in [0.4, 0.5) is 11.4 Å². The monoisotopic (exact) mass is 924 g/mol. The zero-order chi connectivity index (χ0) is 49.0. The number of hydrogen-bond acceptors (Lipinski definition) is 10. The van der Waals surface area contributed by atoms with Crippen LogP contribution in [0.1, 0.15) is 31.8 Å². The first-order chi connectivity index (χ1) is 34.0. The lowest BCUT2D eigenvalue weighted by atomic mass is 9.92. The van der Waals surface area contributed by atoms with Crippen molar-refractivity contribution >= 4 is 80.8 Å². The van der Waals surface area contributed by atoms with Gasteiger partial charge in [0.25, 0.3) is 0 Å². The lowest BCUT2D eigenvalue weighted by Gasteiger charge is -2.18. The molecule has 0 aromatic heterocycles. The van der Waals surface area contributed by atoms with Crippen LogP contribution in [0, 0.1) is 0 Å². The van der Waals surface area contributed by atoms with Gasteiger partial charge in [0.15, 0.2) is 0 Å². The van der Waals surface area contributed by atoms with E-state index in [0.717, 1.165) is 33.7 Å². The molecule has 8 rings (SSSR count). The maximum absolute atomic E-state index is 13.6. The second-order valence-corrected chi connectivity index (χ2v) is 15.3. The van der Waals surface area contributed by atoms with Gasteiger partial charge < -0.3 is 29.6 Å². The highest BCUT2D eigenvalue weighted by atomic mass is 16.5. The Bertz CT molecular complexity index is 3160. The molecule has 0 unspecified atom stereocenters. The average Bonchev–Trinajstić information content (AvgIpc) is 3.38. The van der Waals surface area contributed by atoms with E-state index in [2.05, 4.69) is 23.8 Å². The first kappa shape index (κ1) is 46.6. The molecule has 0 heterocycles. The Morgan fingerprint density at radius 1 is 0.400 bits per heavy atom. The summed E-state index contributed by atoms with van der Waals surface area (Å²) in [6, 6.07) is 47.8. The molecular formula is C58H40N2O10. The molecule has 70 heavy (non-hydrogen) atoms. The molecule has 8 aromatic carbocycles. The molecule has 0 bridgehead atoms. The van der Waals surface area contributed by atoms with E-state index in [1.807, 2.05) is 60.7 Å². The minimum atomic E-state index is -0.674. The molecule has 0 aliphatic carbocycles. The minimum absolute atomic E-state index is 0.228. The van der Waals surface area contributed by atoms with Crippen LogP contribution in [0.5, 0.6) is 23.0 Å². The second kappa shape index (κ2) is 21.6. The van der Waals surface area contributed by atoms with Crippen LogP contribution < -0.4 is 29.6 Å². The highest BCUT2D eigenvalue weighted by Gasteiger charge is 2.22. The van der Waals surface area contributed by atoms with E-state index in [1.54, 1.807) is 97.1 Å². The number of nitrogens with one attached hydrogen (secondary N) is 2. The lowest BCUT2D eigenvalue weighted by molar-refractivity contribution is -0.129. The van der Waals surface area contributed by atoms with Gasteiger partial charge in [0.05, 0.1) is 11.1 Å². The van der Waals surface area contributed by atoms with Gasteiger partial charge in [-0.25, -0.2) is 19.2 Å². The third kappa shape index (κ3) is 11.5. The molecule has 8 aromatic rings. The van der Waals surface area contributed by atoms with Crippen LogP contribution in [0.15, 0.2) is 207 Å². The number of hydrogen-bond donors (Lipinski definition) is 2. The normalized spacial score (nSPS) is 10.9. The van der Waals surface area contributed by atoms with Crippen molar-refractivity contribution in [3.05, 3.63) is 230 Å². The van der Waals surface area contributed by atoms with Crippen molar-refractivity contribution in [1.82, 2.24) is 0 Å². The summed E-state index contributed by atoms with van der Waals surface area (Å²) >= 11 is 0. The lowest BCUT2D eigenvalue weighted by Crippen LogP contribution is -2.10. The van der Waals surface area contributed by atoms with Crippen LogP contribution in [-0.4, -0.2) is 35.7 Å². The number of anilines is 2. The summed E-state index contributed by atoms with van der Waals surface area (Å²) in [5.74, 6) is -2.26. The molecule has 342 valence electrons. The minimum Gasteiger partial charge on any atom is -0.423 e. The van der Waals surface area contributed by atoms with E-state index < -0.39 is 23.9 Å². The van der Waals surface area contributed by atoms with E-state index in [9.17, 15) is 28.8 Å². The molecular weight excluding hydrogens is 885 g/mol. The Balaban J connectivity index is 0.972. The van der Waals surface area contributed by atoms with Crippen molar-refractivity contribution in [3.63, 3.8) is 0 Å². The standard InChI is InChI=1S/C58H40N2O10/c1-3-51(61)59-43-25-19-41(20-26-43)57(65)67-45-29-13-37(14-30-45)17-35-53(63)69-49-33-23-39-9-5-7-11-47(39)55(49)56-48-12-8-6-10-40(48)24-34-50(56)70-54(64)36-18-38-15-31-46(32-16-38)68-58(66)42-21-27-44(28-22-42)60-52(62)4-2/h3-36H,1-2H2,(H,59,61)(H,60,62)/b35-17+,36-18+. The molecule has 0 atom stereocenters. The number of esters is 4. The molecule has 0 saturated heterocycles. The molecule has 0 aliphatic heterocycles. The van der Waals surface area contributed by atoms with Crippen LogP contribution in [0.2, 0.25) is 0 Å². The quantitative estimate of drug-likeness (QED) is 0.0574. The fraction of sp³-hybridized carbons (Fsp3) is 0. The van der Waals surface area contributed by atoms with Gasteiger partial charge in [-0.1, -0.05) is 98.1 Å². The molecule has 0 spiro atoms. The van der Waals surface area contributed by atoms with Crippen LogP contribution in [0.3, 0.4) is 0 Å². The summed E-state index contributed by atoms with van der Waals surface area (Å²) in [5, 5.41) is 8.44. The van der Waals surface area contributed by atoms with Crippen molar-refractivity contribution in [3.8, 4) is 34.1 Å². The summed E-state index contributed by atoms with van der Waals surface area (Å²) in [6.07, 6.45) is 7.99. The van der Waals surface area contributed by atoms with Crippen LogP contribution in [0.25, 0.3) is 44.8 Å². The average molecular weight is 925 g/mol. The zero-order valence-electron chi connectivity index (χ0n) is 37.1. The van der Waals surface area contributed by atoms with Crippen molar-refractivity contribution < 1.29 is 47.7 Å². The maximum Gasteiger partial charge on any atom is 0.343 e. The van der Waals surface area contributed by atoms with Gasteiger partial charge in [0.1, 0.15) is 23.0 Å². The first-order valence-electron chi connectivity index (χ1n) is 21.6. The third-order valence-electron chi connectivity index (χ3n) is 10.6. The van der Waals surface area contributed by atoms with Gasteiger partial charge in [-0.3, -0.25) is 9.59 Å². The molecule has 0 aliphatic rings. The number of rotatable bonds is 15. The van der Waals surface area contributed by atoms with Crippen molar-refractivity contribution in [2.75, 3.05) is 10.6 Å². The zero-order valence-corrected chi connectivity index (χ0v) is 37.1. The van der Waals surface area contributed by atoms with Crippen molar-refractivity contribution in [1.29, 1.82) is 0 Å². The Labute approximate surface area is 401 Å². The summed E-state index contributed by atoms with van der Waals surface area (Å²) in [4.78, 5) is 75.8. The smallest absolute Gasteiger partial charge is 0.343 e. The van der Waals surface area contributed by atoms with E-state index in [1.165, 1.54) is 36.4 Å². The molecule has 12 nitrogen and oxygen atoms in total. The molecule has 0 fully saturated rings. The van der Waals surface area contributed by atoms with E-state index in [-0.39, 0.29) is 45.9 Å². The van der Waals surface area contributed by atoms with Gasteiger partial charge in [-0.05, 0) is 142 Å². The number of benzene rings is 8. The third-order valence-corrected chi connectivity index (χ3v) is 10.6.